The van der Waals surface area contributed by atoms with Gasteiger partial charge in [-0.2, -0.15) is 0 Å². The van der Waals surface area contributed by atoms with Crippen LogP contribution in [0, 0.1) is 11.6 Å². The first-order valence-corrected chi connectivity index (χ1v) is 7.42. The summed E-state index contributed by atoms with van der Waals surface area (Å²) in [5.74, 6) is -3.05. The molecule has 122 valence electrons. The number of nitrogens with one attached hydrogen (secondary N) is 1. The average molecular weight is 313 g/mol. The van der Waals surface area contributed by atoms with Crippen LogP contribution in [0.1, 0.15) is 44.1 Å². The van der Waals surface area contributed by atoms with Crippen molar-refractivity contribution in [1.82, 2.24) is 5.32 Å². The lowest BCUT2D eigenvalue weighted by Gasteiger charge is -2.06. The van der Waals surface area contributed by atoms with Crippen LogP contribution in [0.5, 0.6) is 0 Å². The number of carboxylic acid groups (broad SMARTS) is 1. The third kappa shape index (κ3) is 7.15. The summed E-state index contributed by atoms with van der Waals surface area (Å²) in [5, 5.41) is 11.1. The highest BCUT2D eigenvalue weighted by molar-refractivity contribution is 5.78. The molecule has 0 saturated heterocycles. The van der Waals surface area contributed by atoms with Crippen molar-refractivity contribution in [3.05, 3.63) is 35.4 Å². The molecule has 0 radical (unpaired) electrons. The quantitative estimate of drug-likeness (QED) is 0.652. The van der Waals surface area contributed by atoms with Crippen molar-refractivity contribution in [2.24, 2.45) is 0 Å². The first-order chi connectivity index (χ1) is 10.5. The van der Waals surface area contributed by atoms with Gasteiger partial charge in [0.2, 0.25) is 5.91 Å². The van der Waals surface area contributed by atoms with E-state index in [1.54, 1.807) is 0 Å². The highest BCUT2D eigenvalue weighted by atomic mass is 19.2. The molecule has 0 spiro atoms. The molecule has 0 bridgehead atoms. The third-order valence-corrected chi connectivity index (χ3v) is 3.27. The maximum atomic E-state index is 13.4. The van der Waals surface area contributed by atoms with Crippen LogP contribution in [0.4, 0.5) is 8.78 Å². The Morgan fingerprint density at radius 3 is 2.45 bits per heavy atom. The van der Waals surface area contributed by atoms with Gasteiger partial charge in [0.25, 0.3) is 0 Å². The number of hydrogen-bond acceptors (Lipinski definition) is 2. The molecule has 22 heavy (non-hydrogen) atoms. The molecule has 0 aliphatic carbocycles. The van der Waals surface area contributed by atoms with E-state index >= 15 is 0 Å². The van der Waals surface area contributed by atoms with Gasteiger partial charge in [0.15, 0.2) is 11.6 Å². The van der Waals surface area contributed by atoms with Gasteiger partial charge in [0.1, 0.15) is 0 Å². The van der Waals surface area contributed by atoms with Crippen molar-refractivity contribution in [1.29, 1.82) is 0 Å². The highest BCUT2D eigenvalue weighted by Gasteiger charge is 2.11. The Labute approximate surface area is 128 Å². The number of carboxylic acids is 1. The Morgan fingerprint density at radius 2 is 1.73 bits per heavy atom. The van der Waals surface area contributed by atoms with Gasteiger partial charge in [-0.15, -0.1) is 0 Å². The van der Waals surface area contributed by atoms with Gasteiger partial charge in [-0.25, -0.2) is 8.78 Å². The van der Waals surface area contributed by atoms with Crippen LogP contribution < -0.4 is 5.32 Å². The molecule has 1 amide bonds. The number of halogens is 2. The molecule has 0 saturated carbocycles. The van der Waals surface area contributed by atoms with E-state index in [9.17, 15) is 18.4 Å². The SMILES string of the molecule is O=C(O)CCCCCCCNC(=O)Cc1cccc(F)c1F. The van der Waals surface area contributed by atoms with Gasteiger partial charge < -0.3 is 10.4 Å². The number of unbranched alkanes of at least 4 members (excludes halogenated alkanes) is 4. The number of carbonyl (C=O) groups excluding carboxylic acids is 1. The summed E-state index contributed by atoms with van der Waals surface area (Å²) in [5.41, 5.74) is 0.0474. The highest BCUT2D eigenvalue weighted by Crippen LogP contribution is 2.11. The zero-order valence-electron chi connectivity index (χ0n) is 12.4. The van der Waals surface area contributed by atoms with Gasteiger partial charge in [0.05, 0.1) is 6.42 Å². The van der Waals surface area contributed by atoms with Crippen LogP contribution in [0.2, 0.25) is 0 Å². The van der Waals surface area contributed by atoms with Crippen LogP contribution in [0.3, 0.4) is 0 Å². The fourth-order valence-corrected chi connectivity index (χ4v) is 2.08. The molecule has 0 fully saturated rings. The Kier molecular flexibility index (Phi) is 8.10. The van der Waals surface area contributed by atoms with Gasteiger partial charge in [-0.3, -0.25) is 9.59 Å². The lowest BCUT2D eigenvalue weighted by atomic mass is 10.1. The van der Waals surface area contributed by atoms with Crippen LogP contribution >= 0.6 is 0 Å². The fraction of sp³-hybridized carbons (Fsp3) is 0.500. The number of hydrogen-bond donors (Lipinski definition) is 2. The number of aliphatic carboxylic acids is 1. The summed E-state index contributed by atoms with van der Waals surface area (Å²) in [4.78, 5) is 21.9. The van der Waals surface area contributed by atoms with Gasteiger partial charge in [-0.05, 0) is 18.9 Å². The van der Waals surface area contributed by atoms with Crippen molar-refractivity contribution >= 4 is 11.9 Å². The second kappa shape index (κ2) is 9.87. The largest absolute Gasteiger partial charge is 0.481 e. The van der Waals surface area contributed by atoms with Crippen molar-refractivity contribution in [2.75, 3.05) is 6.54 Å². The summed E-state index contributed by atoms with van der Waals surface area (Å²) < 4.78 is 26.4. The first-order valence-electron chi connectivity index (χ1n) is 7.42. The zero-order chi connectivity index (χ0) is 16.4. The number of benzene rings is 1. The van der Waals surface area contributed by atoms with Crippen molar-refractivity contribution < 1.29 is 23.5 Å². The van der Waals surface area contributed by atoms with E-state index in [4.69, 9.17) is 5.11 Å². The van der Waals surface area contributed by atoms with Crippen molar-refractivity contribution in [3.63, 3.8) is 0 Å². The summed E-state index contributed by atoms with van der Waals surface area (Å²) in [7, 11) is 0. The second-order valence-electron chi connectivity index (χ2n) is 5.15. The molecule has 0 aromatic heterocycles. The Morgan fingerprint density at radius 1 is 1.05 bits per heavy atom. The molecule has 1 aromatic rings. The van der Waals surface area contributed by atoms with Crippen molar-refractivity contribution in [3.8, 4) is 0 Å². The second-order valence-corrected chi connectivity index (χ2v) is 5.15. The molecule has 0 aliphatic rings. The van der Waals surface area contributed by atoms with E-state index in [1.807, 2.05) is 0 Å². The van der Waals surface area contributed by atoms with Gasteiger partial charge in [0, 0.05) is 18.5 Å². The smallest absolute Gasteiger partial charge is 0.303 e. The predicted molar refractivity (Wildman–Crippen MR) is 78.4 cm³/mol. The fourth-order valence-electron chi connectivity index (χ4n) is 2.08. The maximum Gasteiger partial charge on any atom is 0.303 e. The van der Waals surface area contributed by atoms with E-state index in [0.717, 1.165) is 31.7 Å². The van der Waals surface area contributed by atoms with Crippen molar-refractivity contribution in [2.45, 2.75) is 44.9 Å². The van der Waals surface area contributed by atoms with E-state index < -0.39 is 17.6 Å². The number of rotatable bonds is 10. The predicted octanol–water partition coefficient (Wildman–Crippen LogP) is 3.05. The van der Waals surface area contributed by atoms with Crippen LogP contribution in [0.25, 0.3) is 0 Å². The maximum absolute atomic E-state index is 13.4. The third-order valence-electron chi connectivity index (χ3n) is 3.27. The minimum atomic E-state index is -0.976. The summed E-state index contributed by atoms with van der Waals surface area (Å²) in [6, 6.07) is 3.78. The molecular formula is C16H21F2NO3. The molecule has 1 rings (SSSR count). The van der Waals surface area contributed by atoms with Crippen LogP contribution in [0.15, 0.2) is 18.2 Å². The van der Waals surface area contributed by atoms with E-state index in [2.05, 4.69) is 5.32 Å². The van der Waals surface area contributed by atoms with Crippen LogP contribution in [-0.2, 0) is 16.0 Å². The Hall–Kier alpha value is -1.98. The molecule has 6 heteroatoms. The monoisotopic (exact) mass is 313 g/mol. The molecule has 1 aromatic carbocycles. The molecular weight excluding hydrogens is 292 g/mol. The minimum absolute atomic E-state index is 0.0474. The molecule has 0 atom stereocenters. The Bertz CT molecular complexity index is 506. The first kappa shape index (κ1) is 18.1. The topological polar surface area (TPSA) is 66.4 Å². The molecule has 0 heterocycles. The zero-order valence-corrected chi connectivity index (χ0v) is 12.4. The normalized spacial score (nSPS) is 10.5. The minimum Gasteiger partial charge on any atom is -0.481 e. The lowest BCUT2D eigenvalue weighted by molar-refractivity contribution is -0.137. The van der Waals surface area contributed by atoms with E-state index in [0.29, 0.717) is 13.0 Å². The number of amides is 1. The summed E-state index contributed by atoms with van der Waals surface area (Å²) in [6.45, 7) is 0.481. The molecule has 0 unspecified atom stereocenters. The number of carbonyl (C=O) groups is 2. The lowest BCUT2D eigenvalue weighted by Crippen LogP contribution is -2.26. The Balaban J connectivity index is 2.11. The van der Waals surface area contributed by atoms with Gasteiger partial charge in [-0.1, -0.05) is 31.4 Å². The van der Waals surface area contributed by atoms with E-state index in [1.165, 1.54) is 12.1 Å². The van der Waals surface area contributed by atoms with Crippen LogP contribution in [-0.4, -0.2) is 23.5 Å². The summed E-state index contributed by atoms with van der Waals surface area (Å²) >= 11 is 0. The average Bonchev–Trinajstić information content (AvgIpc) is 2.46. The molecule has 2 N–H and O–H groups in total. The standard InChI is InChI=1S/C16H21F2NO3/c17-13-8-6-7-12(16(13)18)11-14(20)19-10-5-3-1-2-4-9-15(21)22/h6-8H,1-5,9-11H2,(H,19,20)(H,21,22). The summed E-state index contributed by atoms with van der Waals surface area (Å²) in [6.07, 6.45) is 4.13. The molecule has 0 aliphatic heterocycles. The molecule has 4 nitrogen and oxygen atoms in total. The van der Waals surface area contributed by atoms with Gasteiger partial charge >= 0.3 is 5.97 Å². The van der Waals surface area contributed by atoms with E-state index in [-0.39, 0.29) is 24.3 Å².